The smallest absolute Gasteiger partial charge is 0.274 e. The third kappa shape index (κ3) is 3.14. The summed E-state index contributed by atoms with van der Waals surface area (Å²) < 4.78 is 10.3. The molecule has 0 bridgehead atoms. The number of hydrazine groups is 1. The average Bonchev–Trinajstić information content (AvgIpc) is 2.29. The molecule has 1 aromatic rings. The van der Waals surface area contributed by atoms with Crippen molar-refractivity contribution in [2.75, 3.05) is 7.11 Å². The van der Waals surface area contributed by atoms with E-state index < -0.39 is 6.10 Å². The number of hydrogen-bond donors (Lipinski definition) is 2. The van der Waals surface area contributed by atoms with Gasteiger partial charge in [-0.1, -0.05) is 0 Å². The van der Waals surface area contributed by atoms with Crippen LogP contribution in [0.2, 0.25) is 0 Å². The van der Waals surface area contributed by atoms with E-state index in [1.807, 2.05) is 5.43 Å². The normalized spacial score (nSPS) is 11.7. The summed E-state index contributed by atoms with van der Waals surface area (Å²) in [5.41, 5.74) is 2.02. The molecule has 15 heavy (non-hydrogen) atoms. The third-order valence-corrected chi connectivity index (χ3v) is 1.88. The Morgan fingerprint density at radius 1 is 1.33 bits per heavy atom. The molecule has 0 saturated heterocycles. The number of carbonyl (C=O) groups is 1. The van der Waals surface area contributed by atoms with Gasteiger partial charge in [0.05, 0.1) is 7.11 Å². The van der Waals surface area contributed by atoms with Crippen molar-refractivity contribution in [3.8, 4) is 11.5 Å². The predicted octanol–water partition coefficient (Wildman–Crippen LogP) is 0.452. The Hall–Kier alpha value is -1.75. The van der Waals surface area contributed by atoms with Gasteiger partial charge in [-0.05, 0) is 31.2 Å². The molecule has 1 atom stereocenters. The minimum atomic E-state index is -0.622. The molecular weight excluding hydrogens is 196 g/mol. The molecule has 5 heteroatoms. The molecule has 0 heterocycles. The van der Waals surface area contributed by atoms with Gasteiger partial charge in [0.1, 0.15) is 11.5 Å². The van der Waals surface area contributed by atoms with Crippen LogP contribution >= 0.6 is 0 Å². The molecular formula is C10H14N2O3. The summed E-state index contributed by atoms with van der Waals surface area (Å²) in [6.07, 6.45) is -0.622. The lowest BCUT2D eigenvalue weighted by atomic mass is 10.3. The van der Waals surface area contributed by atoms with Crippen molar-refractivity contribution in [3.05, 3.63) is 24.3 Å². The van der Waals surface area contributed by atoms with Gasteiger partial charge in [0, 0.05) is 0 Å². The molecule has 0 saturated carbocycles. The van der Waals surface area contributed by atoms with Gasteiger partial charge in [-0.25, -0.2) is 5.84 Å². The molecule has 1 amide bonds. The second-order valence-electron chi connectivity index (χ2n) is 2.94. The SMILES string of the molecule is COc1ccc(O[C@H](C)C(=O)NN)cc1. The topological polar surface area (TPSA) is 73.6 Å². The first-order chi connectivity index (χ1) is 7.17. The van der Waals surface area contributed by atoms with Gasteiger partial charge in [0.2, 0.25) is 0 Å². The van der Waals surface area contributed by atoms with E-state index in [2.05, 4.69) is 0 Å². The Kier molecular flexibility index (Phi) is 3.93. The fraction of sp³-hybridized carbons (Fsp3) is 0.300. The summed E-state index contributed by atoms with van der Waals surface area (Å²) >= 11 is 0. The fourth-order valence-electron chi connectivity index (χ4n) is 1.03. The van der Waals surface area contributed by atoms with Crippen molar-refractivity contribution in [2.45, 2.75) is 13.0 Å². The minimum absolute atomic E-state index is 0.370. The number of hydrogen-bond acceptors (Lipinski definition) is 4. The Bertz CT molecular complexity index is 324. The standard InChI is InChI=1S/C10H14N2O3/c1-7(10(13)12-11)15-9-5-3-8(14-2)4-6-9/h3-7H,11H2,1-2H3,(H,12,13)/t7-/m1/s1. The van der Waals surface area contributed by atoms with Crippen molar-refractivity contribution < 1.29 is 14.3 Å². The van der Waals surface area contributed by atoms with Crippen LogP contribution in [-0.2, 0) is 4.79 Å². The average molecular weight is 210 g/mol. The molecule has 0 aliphatic rings. The van der Waals surface area contributed by atoms with Crippen LogP contribution in [0, 0.1) is 0 Å². The van der Waals surface area contributed by atoms with Gasteiger partial charge in [-0.3, -0.25) is 10.2 Å². The summed E-state index contributed by atoms with van der Waals surface area (Å²) in [5, 5.41) is 0. The van der Waals surface area contributed by atoms with Crippen LogP contribution < -0.4 is 20.7 Å². The van der Waals surface area contributed by atoms with E-state index in [1.54, 1.807) is 38.3 Å². The first kappa shape index (κ1) is 11.3. The summed E-state index contributed by atoms with van der Waals surface area (Å²) in [7, 11) is 1.58. The third-order valence-electron chi connectivity index (χ3n) is 1.88. The quantitative estimate of drug-likeness (QED) is 0.430. The summed E-state index contributed by atoms with van der Waals surface area (Å²) in [4.78, 5) is 11.1. The molecule has 0 aliphatic heterocycles. The van der Waals surface area contributed by atoms with Crippen LogP contribution in [0.4, 0.5) is 0 Å². The lowest BCUT2D eigenvalue weighted by Crippen LogP contribution is -2.40. The molecule has 0 unspecified atom stereocenters. The number of benzene rings is 1. The Morgan fingerprint density at radius 3 is 2.33 bits per heavy atom. The van der Waals surface area contributed by atoms with E-state index in [4.69, 9.17) is 15.3 Å². The van der Waals surface area contributed by atoms with Crippen molar-refractivity contribution in [1.29, 1.82) is 0 Å². The first-order valence-electron chi connectivity index (χ1n) is 4.48. The van der Waals surface area contributed by atoms with Crippen molar-refractivity contribution in [2.24, 2.45) is 5.84 Å². The van der Waals surface area contributed by atoms with Gasteiger partial charge < -0.3 is 9.47 Å². The van der Waals surface area contributed by atoms with Gasteiger partial charge in [0.15, 0.2) is 6.10 Å². The highest BCUT2D eigenvalue weighted by Crippen LogP contribution is 2.17. The predicted molar refractivity (Wildman–Crippen MR) is 55.4 cm³/mol. The largest absolute Gasteiger partial charge is 0.497 e. The summed E-state index contributed by atoms with van der Waals surface area (Å²) in [6.45, 7) is 1.62. The number of carbonyl (C=O) groups excluding carboxylic acids is 1. The molecule has 0 fully saturated rings. The number of ether oxygens (including phenoxy) is 2. The lowest BCUT2D eigenvalue weighted by Gasteiger charge is -2.12. The maximum Gasteiger partial charge on any atom is 0.274 e. The Labute approximate surface area is 88.1 Å². The first-order valence-corrected chi connectivity index (χ1v) is 4.48. The van der Waals surface area contributed by atoms with Crippen molar-refractivity contribution in [1.82, 2.24) is 5.43 Å². The van der Waals surface area contributed by atoms with Crippen molar-refractivity contribution >= 4 is 5.91 Å². The molecule has 0 spiro atoms. The number of nitrogens with one attached hydrogen (secondary N) is 1. The Balaban J connectivity index is 2.60. The van der Waals surface area contributed by atoms with Crippen LogP contribution in [0.5, 0.6) is 11.5 Å². The van der Waals surface area contributed by atoms with Gasteiger partial charge in [-0.15, -0.1) is 0 Å². The van der Waals surface area contributed by atoms with E-state index in [0.29, 0.717) is 5.75 Å². The molecule has 1 rings (SSSR count). The van der Waals surface area contributed by atoms with Crippen LogP contribution in [0.25, 0.3) is 0 Å². The lowest BCUT2D eigenvalue weighted by molar-refractivity contribution is -0.127. The van der Waals surface area contributed by atoms with Gasteiger partial charge >= 0.3 is 0 Å². The maximum atomic E-state index is 11.1. The van der Waals surface area contributed by atoms with Crippen molar-refractivity contribution in [3.63, 3.8) is 0 Å². The molecule has 82 valence electrons. The number of nitrogens with two attached hydrogens (primary N) is 1. The highest BCUT2D eigenvalue weighted by atomic mass is 16.5. The Morgan fingerprint density at radius 2 is 1.87 bits per heavy atom. The minimum Gasteiger partial charge on any atom is -0.497 e. The van der Waals surface area contributed by atoms with E-state index >= 15 is 0 Å². The monoisotopic (exact) mass is 210 g/mol. The summed E-state index contributed by atoms with van der Waals surface area (Å²) in [6, 6.07) is 6.95. The molecule has 5 nitrogen and oxygen atoms in total. The van der Waals surface area contributed by atoms with Crippen LogP contribution in [0.3, 0.4) is 0 Å². The fourth-order valence-corrected chi connectivity index (χ4v) is 1.03. The summed E-state index contributed by atoms with van der Waals surface area (Å²) in [5.74, 6) is 5.93. The van der Waals surface area contributed by atoms with Gasteiger partial charge in [0.25, 0.3) is 5.91 Å². The van der Waals surface area contributed by atoms with Crippen LogP contribution in [0.1, 0.15) is 6.92 Å². The van der Waals surface area contributed by atoms with Crippen LogP contribution in [-0.4, -0.2) is 19.1 Å². The molecule has 1 aromatic carbocycles. The molecule has 0 radical (unpaired) electrons. The molecule has 0 aromatic heterocycles. The zero-order valence-electron chi connectivity index (χ0n) is 8.69. The van der Waals surface area contributed by atoms with E-state index in [0.717, 1.165) is 5.75 Å². The van der Waals surface area contributed by atoms with Gasteiger partial charge in [-0.2, -0.15) is 0 Å². The number of amides is 1. The zero-order chi connectivity index (χ0) is 11.3. The van der Waals surface area contributed by atoms with E-state index in [-0.39, 0.29) is 5.91 Å². The second kappa shape index (κ2) is 5.21. The zero-order valence-corrected chi connectivity index (χ0v) is 8.69. The number of rotatable bonds is 4. The second-order valence-corrected chi connectivity index (χ2v) is 2.94. The van der Waals surface area contributed by atoms with Crippen LogP contribution in [0.15, 0.2) is 24.3 Å². The highest BCUT2D eigenvalue weighted by molar-refractivity contribution is 5.80. The van der Waals surface area contributed by atoms with E-state index in [9.17, 15) is 4.79 Å². The maximum absolute atomic E-state index is 11.1. The molecule has 3 N–H and O–H groups in total. The highest BCUT2D eigenvalue weighted by Gasteiger charge is 2.12. The number of methoxy groups -OCH3 is 1. The van der Waals surface area contributed by atoms with E-state index in [1.165, 1.54) is 0 Å². The molecule has 0 aliphatic carbocycles.